The van der Waals surface area contributed by atoms with Crippen molar-refractivity contribution in [2.45, 2.75) is 12.8 Å². The van der Waals surface area contributed by atoms with Crippen LogP contribution in [-0.4, -0.2) is 12.5 Å². The molecule has 0 aliphatic rings. The SMILES string of the molecule is N#C/C(=C/c1ccc(-c2ccc(Cl)cc2)o1)C(=O)NCCCc1ccccc1. The molecule has 1 N–H and O–H groups in total. The lowest BCUT2D eigenvalue weighted by atomic mass is 10.1. The zero-order chi connectivity index (χ0) is 19.8. The minimum absolute atomic E-state index is 0.0108. The number of nitrogens with one attached hydrogen (secondary N) is 1. The van der Waals surface area contributed by atoms with Crippen LogP contribution in [0.25, 0.3) is 17.4 Å². The molecule has 140 valence electrons. The van der Waals surface area contributed by atoms with Crippen LogP contribution in [0.15, 0.2) is 76.7 Å². The van der Waals surface area contributed by atoms with Crippen molar-refractivity contribution in [1.29, 1.82) is 5.26 Å². The summed E-state index contributed by atoms with van der Waals surface area (Å²) < 4.78 is 5.72. The van der Waals surface area contributed by atoms with E-state index in [0.29, 0.717) is 23.1 Å². The zero-order valence-corrected chi connectivity index (χ0v) is 15.9. The van der Waals surface area contributed by atoms with Crippen LogP contribution in [0.5, 0.6) is 0 Å². The molecule has 0 spiro atoms. The maximum atomic E-state index is 12.2. The summed E-state index contributed by atoms with van der Waals surface area (Å²) in [7, 11) is 0. The van der Waals surface area contributed by atoms with Crippen molar-refractivity contribution in [3.8, 4) is 17.4 Å². The van der Waals surface area contributed by atoms with Crippen molar-refractivity contribution in [2.24, 2.45) is 0 Å². The van der Waals surface area contributed by atoms with Crippen molar-refractivity contribution < 1.29 is 9.21 Å². The van der Waals surface area contributed by atoms with Crippen molar-refractivity contribution in [2.75, 3.05) is 6.54 Å². The highest BCUT2D eigenvalue weighted by atomic mass is 35.5. The van der Waals surface area contributed by atoms with Gasteiger partial charge in [0.05, 0.1) is 0 Å². The molecule has 0 saturated heterocycles. The van der Waals surface area contributed by atoms with E-state index in [9.17, 15) is 10.1 Å². The Morgan fingerprint density at radius 2 is 1.82 bits per heavy atom. The van der Waals surface area contributed by atoms with Gasteiger partial charge in [0.25, 0.3) is 5.91 Å². The van der Waals surface area contributed by atoms with Crippen LogP contribution in [0.1, 0.15) is 17.7 Å². The molecule has 0 fully saturated rings. The van der Waals surface area contributed by atoms with Crippen LogP contribution in [0, 0.1) is 11.3 Å². The molecule has 5 heteroatoms. The highest BCUT2D eigenvalue weighted by molar-refractivity contribution is 6.30. The number of halogens is 1. The molecule has 0 atom stereocenters. The zero-order valence-electron chi connectivity index (χ0n) is 15.2. The fourth-order valence-electron chi connectivity index (χ4n) is 2.72. The molecule has 28 heavy (non-hydrogen) atoms. The normalized spacial score (nSPS) is 11.1. The van der Waals surface area contributed by atoms with Crippen LogP contribution >= 0.6 is 11.6 Å². The number of aryl methyl sites for hydroxylation is 1. The van der Waals surface area contributed by atoms with Gasteiger partial charge in [-0.25, -0.2) is 0 Å². The molecule has 0 radical (unpaired) electrons. The Balaban J connectivity index is 1.58. The van der Waals surface area contributed by atoms with E-state index in [1.807, 2.05) is 36.4 Å². The average molecular weight is 391 g/mol. The Kier molecular flexibility index (Phi) is 6.67. The molecule has 3 rings (SSSR count). The molecular weight excluding hydrogens is 372 g/mol. The quantitative estimate of drug-likeness (QED) is 0.340. The lowest BCUT2D eigenvalue weighted by molar-refractivity contribution is -0.117. The van der Waals surface area contributed by atoms with Gasteiger partial charge < -0.3 is 9.73 Å². The molecule has 1 heterocycles. The summed E-state index contributed by atoms with van der Waals surface area (Å²) >= 11 is 5.89. The Bertz CT molecular complexity index is 999. The summed E-state index contributed by atoms with van der Waals surface area (Å²) in [5, 5.41) is 12.7. The third-order valence-corrected chi connectivity index (χ3v) is 4.43. The van der Waals surface area contributed by atoms with E-state index in [4.69, 9.17) is 16.0 Å². The highest BCUT2D eigenvalue weighted by Gasteiger charge is 2.10. The smallest absolute Gasteiger partial charge is 0.262 e. The molecule has 0 aliphatic carbocycles. The van der Waals surface area contributed by atoms with Crippen LogP contribution in [-0.2, 0) is 11.2 Å². The van der Waals surface area contributed by atoms with E-state index in [-0.39, 0.29) is 5.57 Å². The molecule has 2 aromatic carbocycles. The summed E-state index contributed by atoms with van der Waals surface area (Å²) in [6, 6.07) is 22.8. The van der Waals surface area contributed by atoms with Gasteiger partial charge in [-0.2, -0.15) is 5.26 Å². The van der Waals surface area contributed by atoms with Gasteiger partial charge in [0.2, 0.25) is 0 Å². The van der Waals surface area contributed by atoms with Gasteiger partial charge in [0.15, 0.2) is 0 Å². The molecule has 1 aromatic heterocycles. The van der Waals surface area contributed by atoms with Gasteiger partial charge in [0, 0.05) is 23.2 Å². The maximum Gasteiger partial charge on any atom is 0.262 e. The Morgan fingerprint density at radius 1 is 1.07 bits per heavy atom. The first kappa shape index (κ1) is 19.5. The van der Waals surface area contributed by atoms with Gasteiger partial charge in [-0.05, 0) is 54.8 Å². The number of benzene rings is 2. The summed E-state index contributed by atoms with van der Waals surface area (Å²) in [4.78, 5) is 12.2. The fourth-order valence-corrected chi connectivity index (χ4v) is 2.85. The van der Waals surface area contributed by atoms with Gasteiger partial charge in [-0.15, -0.1) is 0 Å². The van der Waals surface area contributed by atoms with Gasteiger partial charge in [-0.1, -0.05) is 41.9 Å². The van der Waals surface area contributed by atoms with Crippen LogP contribution in [0.2, 0.25) is 5.02 Å². The number of amides is 1. The molecule has 0 bridgehead atoms. The number of carbonyl (C=O) groups is 1. The predicted molar refractivity (Wildman–Crippen MR) is 111 cm³/mol. The molecule has 0 unspecified atom stereocenters. The molecule has 0 saturated carbocycles. The van der Waals surface area contributed by atoms with E-state index in [1.165, 1.54) is 11.6 Å². The summed E-state index contributed by atoms with van der Waals surface area (Å²) in [6.07, 6.45) is 3.12. The minimum atomic E-state index is -0.403. The Labute approximate surface area is 169 Å². The second-order valence-electron chi connectivity index (χ2n) is 6.22. The van der Waals surface area contributed by atoms with Gasteiger partial charge in [-0.3, -0.25) is 4.79 Å². The van der Waals surface area contributed by atoms with Crippen molar-refractivity contribution in [1.82, 2.24) is 5.32 Å². The Hall–Kier alpha value is -3.29. The summed E-state index contributed by atoms with van der Waals surface area (Å²) in [5.41, 5.74) is 2.10. The van der Waals surface area contributed by atoms with Crippen LogP contribution in [0.4, 0.5) is 0 Å². The fraction of sp³-hybridized carbons (Fsp3) is 0.130. The monoisotopic (exact) mass is 390 g/mol. The topological polar surface area (TPSA) is 66.0 Å². The van der Waals surface area contributed by atoms with E-state index in [1.54, 1.807) is 24.3 Å². The second-order valence-corrected chi connectivity index (χ2v) is 6.66. The van der Waals surface area contributed by atoms with E-state index < -0.39 is 5.91 Å². The number of hydrogen-bond donors (Lipinski definition) is 1. The lowest BCUT2D eigenvalue weighted by Crippen LogP contribution is -2.25. The number of carbonyl (C=O) groups excluding carboxylic acids is 1. The van der Waals surface area contributed by atoms with Crippen LogP contribution in [0.3, 0.4) is 0 Å². The number of hydrogen-bond acceptors (Lipinski definition) is 3. The number of rotatable bonds is 7. The molecular formula is C23H19ClN2O2. The molecule has 1 amide bonds. The lowest BCUT2D eigenvalue weighted by Gasteiger charge is -2.04. The van der Waals surface area contributed by atoms with Gasteiger partial charge >= 0.3 is 0 Å². The predicted octanol–water partition coefficient (Wildman–Crippen LogP) is 5.26. The maximum absolute atomic E-state index is 12.2. The first-order valence-corrected chi connectivity index (χ1v) is 9.33. The van der Waals surface area contributed by atoms with Crippen molar-refractivity contribution >= 4 is 23.6 Å². The van der Waals surface area contributed by atoms with Crippen molar-refractivity contribution in [3.05, 3.63) is 88.6 Å². The molecule has 0 aliphatic heterocycles. The summed E-state index contributed by atoms with van der Waals surface area (Å²) in [6.45, 7) is 0.501. The van der Waals surface area contributed by atoms with E-state index >= 15 is 0 Å². The number of nitrogens with zero attached hydrogens (tertiary/aromatic N) is 1. The summed E-state index contributed by atoms with van der Waals surface area (Å²) in [5.74, 6) is 0.685. The van der Waals surface area contributed by atoms with E-state index in [0.717, 1.165) is 18.4 Å². The van der Waals surface area contributed by atoms with Crippen molar-refractivity contribution in [3.63, 3.8) is 0 Å². The van der Waals surface area contributed by atoms with Gasteiger partial charge in [0.1, 0.15) is 23.2 Å². The largest absolute Gasteiger partial charge is 0.457 e. The molecule has 3 aromatic rings. The van der Waals surface area contributed by atoms with Crippen LogP contribution < -0.4 is 5.32 Å². The third-order valence-electron chi connectivity index (χ3n) is 4.18. The number of nitriles is 1. The van der Waals surface area contributed by atoms with E-state index in [2.05, 4.69) is 17.4 Å². The first-order valence-electron chi connectivity index (χ1n) is 8.95. The molecule has 4 nitrogen and oxygen atoms in total. The second kappa shape index (κ2) is 9.59. The Morgan fingerprint density at radius 3 is 2.54 bits per heavy atom. The number of furan rings is 1. The highest BCUT2D eigenvalue weighted by Crippen LogP contribution is 2.24. The third kappa shape index (κ3) is 5.35. The standard InChI is InChI=1S/C23H19ClN2O2/c24-20-10-8-18(9-11-20)22-13-12-21(28-22)15-19(16-25)23(27)26-14-4-7-17-5-2-1-3-6-17/h1-3,5-6,8-13,15H,4,7,14H2,(H,26,27)/b19-15-. The average Bonchev–Trinajstić information content (AvgIpc) is 3.19. The first-order chi connectivity index (χ1) is 13.7. The minimum Gasteiger partial charge on any atom is -0.457 e.